The number of hydrogen-bond donors (Lipinski definition) is 2. The summed E-state index contributed by atoms with van der Waals surface area (Å²) in [6.07, 6.45) is 5.47. The lowest BCUT2D eigenvalue weighted by Crippen LogP contribution is -2.72. The van der Waals surface area contributed by atoms with E-state index in [1.165, 1.54) is 12.0 Å². The van der Waals surface area contributed by atoms with E-state index in [4.69, 9.17) is 42.6 Å². The van der Waals surface area contributed by atoms with Crippen LogP contribution >= 0.6 is 23.2 Å². The van der Waals surface area contributed by atoms with Crippen molar-refractivity contribution in [3.05, 3.63) is 82.4 Å². The number of likely N-dealkylation sites (tertiary alicyclic amines) is 2. The molecule has 2 N–H and O–H groups in total. The molecule has 7 heterocycles. The van der Waals surface area contributed by atoms with E-state index in [2.05, 4.69) is 15.2 Å². The van der Waals surface area contributed by atoms with Crippen LogP contribution in [0.5, 0.6) is 11.6 Å². The van der Waals surface area contributed by atoms with Crippen molar-refractivity contribution in [2.75, 3.05) is 46.9 Å². The summed E-state index contributed by atoms with van der Waals surface area (Å²) in [4.78, 5) is 55.2. The van der Waals surface area contributed by atoms with Crippen molar-refractivity contribution in [2.45, 2.75) is 38.9 Å². The molecule has 3 fully saturated rings. The van der Waals surface area contributed by atoms with Gasteiger partial charge in [-0.05, 0) is 30.7 Å². The van der Waals surface area contributed by atoms with E-state index in [-0.39, 0.29) is 42.2 Å². The molecule has 4 aromatic heterocycles. The Balaban J connectivity index is 1.04. The molecular formula is C40H40Cl2N8O6. The van der Waals surface area contributed by atoms with Gasteiger partial charge in [0.25, 0.3) is 0 Å². The molecule has 16 heteroatoms. The number of imidazole rings is 1. The summed E-state index contributed by atoms with van der Waals surface area (Å²) < 4.78 is 13.3. The van der Waals surface area contributed by atoms with Crippen LogP contribution in [-0.4, -0.2) is 110 Å². The number of nitrogens with one attached hydrogen (secondary N) is 1. The number of carboxylic acid groups (broad SMARTS) is 1. The van der Waals surface area contributed by atoms with Crippen molar-refractivity contribution >= 4 is 46.8 Å². The lowest BCUT2D eigenvalue weighted by Gasteiger charge is -2.60. The molecule has 1 aromatic carbocycles. The van der Waals surface area contributed by atoms with E-state index in [1.807, 2.05) is 52.0 Å². The summed E-state index contributed by atoms with van der Waals surface area (Å²) in [6, 6.07) is 12.6. The number of fused-ring (bicyclic) bond motifs is 1. The summed E-state index contributed by atoms with van der Waals surface area (Å²) in [6.45, 7) is 6.01. The summed E-state index contributed by atoms with van der Waals surface area (Å²) in [5.41, 5.74) is 6.12. The molecule has 0 saturated carbocycles. The molecule has 1 spiro atoms. The SMILES string of the molecule is COc1nc(-c2cccc(-c3ccnc(-c4cc(OC)c5nc(CN6CC7(C6)CN(C(C)=O)C7)cn5c4)c3Cl)c2Cl)ccc1CN(C[C@@H]1CCC(=O)N1)C(=O)O. The van der Waals surface area contributed by atoms with E-state index in [1.54, 1.807) is 32.4 Å². The summed E-state index contributed by atoms with van der Waals surface area (Å²) >= 11 is 14.3. The Morgan fingerprint density at radius 1 is 1.00 bits per heavy atom. The number of benzene rings is 1. The number of ether oxygens (including phenoxy) is 2. The van der Waals surface area contributed by atoms with Gasteiger partial charge in [-0.15, -0.1) is 0 Å². The van der Waals surface area contributed by atoms with Crippen molar-refractivity contribution in [3.63, 3.8) is 0 Å². The minimum Gasteiger partial charge on any atom is -0.493 e. The monoisotopic (exact) mass is 798 g/mol. The van der Waals surface area contributed by atoms with Crippen LogP contribution in [0.4, 0.5) is 4.79 Å². The molecular weight excluding hydrogens is 759 g/mol. The standard InChI is InChI=1S/C40H40Cl2N8O6/c1-23(51)50-21-40(22-50)19-47(20-40)16-27-18-48-15-25(13-32(55-2)37(48)45-27)36-35(42)29(11-12-43-36)28-5-4-6-30(34(28)41)31-9-7-24(38(46-31)56-3)14-49(39(53)54)17-26-8-10-33(52)44-26/h4-7,9,11-13,15,18,26H,8,10,14,16-17,19-22H2,1-3H3,(H,44,52)(H,53,54)/t26-/m0/s1. The number of rotatable bonds is 11. The van der Waals surface area contributed by atoms with E-state index >= 15 is 0 Å². The van der Waals surface area contributed by atoms with E-state index in [0.29, 0.717) is 74.5 Å². The van der Waals surface area contributed by atoms with Crippen LogP contribution in [0.3, 0.4) is 0 Å². The fraction of sp³-hybridized carbons (Fsp3) is 0.350. The highest BCUT2D eigenvalue weighted by Crippen LogP contribution is 2.43. The Morgan fingerprint density at radius 3 is 2.46 bits per heavy atom. The largest absolute Gasteiger partial charge is 0.493 e. The van der Waals surface area contributed by atoms with Crippen molar-refractivity contribution in [1.82, 2.24) is 39.4 Å². The molecule has 0 bridgehead atoms. The van der Waals surface area contributed by atoms with Crippen molar-refractivity contribution in [1.29, 1.82) is 0 Å². The second kappa shape index (κ2) is 14.9. The van der Waals surface area contributed by atoms with Gasteiger partial charge in [0.1, 0.15) is 0 Å². The van der Waals surface area contributed by atoms with Crippen LogP contribution in [0, 0.1) is 5.41 Å². The third-order valence-electron chi connectivity index (χ3n) is 10.8. The lowest BCUT2D eigenvalue weighted by atomic mass is 9.73. The minimum absolute atomic E-state index is 0.0273. The number of hydrogen-bond acceptors (Lipinski definition) is 9. The maximum atomic E-state index is 12.1. The molecule has 0 unspecified atom stereocenters. The predicted octanol–water partition coefficient (Wildman–Crippen LogP) is 5.87. The van der Waals surface area contributed by atoms with E-state index in [0.717, 1.165) is 37.4 Å². The number of nitrogens with zero attached hydrogens (tertiary/aromatic N) is 7. The highest BCUT2D eigenvalue weighted by atomic mass is 35.5. The first-order valence-electron chi connectivity index (χ1n) is 18.2. The molecule has 3 aliphatic rings. The first kappa shape index (κ1) is 37.5. The smallest absolute Gasteiger partial charge is 0.407 e. The molecule has 1 atom stereocenters. The summed E-state index contributed by atoms with van der Waals surface area (Å²) in [5.74, 6) is 0.888. The van der Waals surface area contributed by atoms with Gasteiger partial charge in [-0.2, -0.15) is 0 Å². The van der Waals surface area contributed by atoms with Gasteiger partial charge in [0.15, 0.2) is 11.4 Å². The van der Waals surface area contributed by atoms with E-state index in [9.17, 15) is 19.5 Å². The third-order valence-corrected chi connectivity index (χ3v) is 11.6. The van der Waals surface area contributed by atoms with Crippen molar-refractivity contribution in [3.8, 4) is 45.3 Å². The van der Waals surface area contributed by atoms with Gasteiger partial charge in [-0.1, -0.05) is 41.4 Å². The molecule has 290 valence electrons. The quantitative estimate of drug-likeness (QED) is 0.166. The Morgan fingerprint density at radius 2 is 1.77 bits per heavy atom. The first-order chi connectivity index (χ1) is 26.9. The zero-order valence-electron chi connectivity index (χ0n) is 31.1. The van der Waals surface area contributed by atoms with Gasteiger partial charge in [-0.25, -0.2) is 14.8 Å². The average molecular weight is 800 g/mol. The maximum absolute atomic E-state index is 12.1. The molecule has 56 heavy (non-hydrogen) atoms. The number of halogens is 2. The summed E-state index contributed by atoms with van der Waals surface area (Å²) in [7, 11) is 3.09. The van der Waals surface area contributed by atoms with Gasteiger partial charge >= 0.3 is 6.09 Å². The number of pyridine rings is 3. The summed E-state index contributed by atoms with van der Waals surface area (Å²) in [5, 5.41) is 13.5. The predicted molar refractivity (Wildman–Crippen MR) is 210 cm³/mol. The molecule has 3 aliphatic heterocycles. The Hall–Kier alpha value is -5.44. The number of carbonyl (C=O) groups excluding carboxylic acids is 2. The highest BCUT2D eigenvalue weighted by molar-refractivity contribution is 6.39. The normalized spacial score (nSPS) is 17.4. The van der Waals surface area contributed by atoms with E-state index < -0.39 is 6.09 Å². The number of carbonyl (C=O) groups is 3. The lowest BCUT2D eigenvalue weighted by molar-refractivity contribution is -0.157. The molecule has 0 aliphatic carbocycles. The fourth-order valence-corrected chi connectivity index (χ4v) is 8.75. The third kappa shape index (κ3) is 7.08. The first-order valence-corrected chi connectivity index (χ1v) is 19.0. The number of amides is 3. The minimum atomic E-state index is -1.11. The number of methoxy groups -OCH3 is 2. The fourth-order valence-electron chi connectivity index (χ4n) is 8.11. The Kier molecular flexibility index (Phi) is 9.97. The van der Waals surface area contributed by atoms with Crippen LogP contribution in [-0.2, 0) is 22.7 Å². The van der Waals surface area contributed by atoms with Gasteiger partial charge in [-0.3, -0.25) is 19.5 Å². The molecule has 3 saturated heterocycles. The zero-order valence-corrected chi connectivity index (χ0v) is 32.6. The van der Waals surface area contributed by atoms with Crippen molar-refractivity contribution in [2.24, 2.45) is 5.41 Å². The topological polar surface area (TPSA) is 155 Å². The Labute approximate surface area is 333 Å². The van der Waals surface area contributed by atoms with Gasteiger partial charge in [0, 0.05) is 110 Å². The van der Waals surface area contributed by atoms with Crippen LogP contribution in [0.1, 0.15) is 31.0 Å². The van der Waals surface area contributed by atoms with Gasteiger partial charge in [0.2, 0.25) is 17.7 Å². The second-order valence-electron chi connectivity index (χ2n) is 14.8. The van der Waals surface area contributed by atoms with Crippen LogP contribution in [0.25, 0.3) is 39.3 Å². The van der Waals surface area contributed by atoms with Crippen LogP contribution in [0.2, 0.25) is 10.0 Å². The molecule has 5 aromatic rings. The van der Waals surface area contributed by atoms with Gasteiger partial charge in [0.05, 0.1) is 47.9 Å². The molecule has 3 amide bonds. The molecule has 14 nitrogen and oxygen atoms in total. The maximum Gasteiger partial charge on any atom is 0.407 e. The number of aromatic nitrogens is 4. The van der Waals surface area contributed by atoms with Crippen LogP contribution in [0.15, 0.2) is 61.1 Å². The van der Waals surface area contributed by atoms with Crippen molar-refractivity contribution < 1.29 is 29.0 Å². The molecule has 0 radical (unpaired) electrons. The second-order valence-corrected chi connectivity index (χ2v) is 15.6. The zero-order chi connectivity index (χ0) is 39.3. The van der Waals surface area contributed by atoms with Crippen LogP contribution < -0.4 is 14.8 Å². The highest BCUT2D eigenvalue weighted by Gasteiger charge is 2.52. The Bertz CT molecular complexity index is 2370. The average Bonchev–Trinajstić information content (AvgIpc) is 3.76. The van der Waals surface area contributed by atoms with Gasteiger partial charge < -0.3 is 34.1 Å². The molecule has 8 rings (SSSR count).